The van der Waals surface area contributed by atoms with Gasteiger partial charge in [0, 0.05) is 17.9 Å². The largest absolute Gasteiger partial charge is 0.407 e. The molecule has 1 aromatic rings. The quantitative estimate of drug-likeness (QED) is 0.578. The van der Waals surface area contributed by atoms with Crippen molar-refractivity contribution < 1.29 is 9.53 Å². The van der Waals surface area contributed by atoms with Gasteiger partial charge in [0.15, 0.2) is 0 Å². The number of hydrogen-bond acceptors (Lipinski definition) is 4. The van der Waals surface area contributed by atoms with Gasteiger partial charge in [-0.2, -0.15) is 4.37 Å². The maximum atomic E-state index is 10.4. The summed E-state index contributed by atoms with van der Waals surface area (Å²) in [6.45, 7) is 3.26. The number of rotatable bonds is 1. The first kappa shape index (κ1) is 7.21. The van der Waals surface area contributed by atoms with Gasteiger partial charge in [0.25, 0.3) is 0 Å². The van der Waals surface area contributed by atoms with Crippen molar-refractivity contribution >= 4 is 17.5 Å². The van der Waals surface area contributed by atoms with Crippen molar-refractivity contribution in [1.82, 2.24) is 4.37 Å². The summed E-state index contributed by atoms with van der Waals surface area (Å²) in [5.41, 5.74) is 0. The maximum Gasteiger partial charge on any atom is 0.309 e. The Morgan fingerprint density at radius 2 is 2.50 bits per heavy atom. The lowest BCUT2D eigenvalue weighted by atomic mass is 10.5. The molecule has 0 aromatic carbocycles. The number of esters is 1. The smallest absolute Gasteiger partial charge is 0.309 e. The van der Waals surface area contributed by atoms with Crippen LogP contribution in [0.25, 0.3) is 0 Å². The molecule has 0 radical (unpaired) electrons. The molecule has 0 atom stereocenters. The molecule has 0 saturated heterocycles. The van der Waals surface area contributed by atoms with E-state index in [0.29, 0.717) is 5.88 Å². The second kappa shape index (κ2) is 2.79. The van der Waals surface area contributed by atoms with Gasteiger partial charge in [0.1, 0.15) is 0 Å². The number of aryl methyl sites for hydroxylation is 1. The minimum Gasteiger partial charge on any atom is -0.407 e. The summed E-state index contributed by atoms with van der Waals surface area (Å²) >= 11 is 1.32. The van der Waals surface area contributed by atoms with Crippen LogP contribution in [0.15, 0.2) is 6.07 Å². The summed E-state index contributed by atoms with van der Waals surface area (Å²) in [7, 11) is 0. The first-order valence-electron chi connectivity index (χ1n) is 2.80. The SMILES string of the molecule is CC(=O)Oc1cc(C)sn1. The molecule has 0 bridgehead atoms. The van der Waals surface area contributed by atoms with Crippen LogP contribution in [0.4, 0.5) is 0 Å². The van der Waals surface area contributed by atoms with Crippen molar-refractivity contribution in [2.75, 3.05) is 0 Å². The van der Waals surface area contributed by atoms with E-state index in [1.165, 1.54) is 18.5 Å². The molecule has 0 aliphatic rings. The van der Waals surface area contributed by atoms with Crippen molar-refractivity contribution in [3.63, 3.8) is 0 Å². The van der Waals surface area contributed by atoms with Crippen molar-refractivity contribution in [1.29, 1.82) is 0 Å². The number of ether oxygens (including phenoxy) is 1. The molecular weight excluding hydrogens is 150 g/mol. The second-order valence-corrected chi connectivity index (χ2v) is 2.88. The monoisotopic (exact) mass is 157 g/mol. The predicted molar refractivity (Wildman–Crippen MR) is 38.2 cm³/mol. The normalized spacial score (nSPS) is 9.40. The zero-order chi connectivity index (χ0) is 7.56. The van der Waals surface area contributed by atoms with Gasteiger partial charge in [-0.1, -0.05) is 0 Å². The van der Waals surface area contributed by atoms with Gasteiger partial charge in [-0.15, -0.1) is 0 Å². The molecule has 54 valence electrons. The summed E-state index contributed by atoms with van der Waals surface area (Å²) in [4.78, 5) is 11.4. The van der Waals surface area contributed by atoms with Crippen LogP contribution in [0.5, 0.6) is 5.88 Å². The molecule has 0 aliphatic heterocycles. The van der Waals surface area contributed by atoms with Crippen LogP contribution < -0.4 is 4.74 Å². The van der Waals surface area contributed by atoms with E-state index in [-0.39, 0.29) is 5.97 Å². The second-order valence-electron chi connectivity index (χ2n) is 1.87. The minimum absolute atomic E-state index is 0.328. The molecule has 0 spiro atoms. The van der Waals surface area contributed by atoms with Crippen LogP contribution >= 0.6 is 11.5 Å². The van der Waals surface area contributed by atoms with E-state index in [2.05, 4.69) is 4.37 Å². The Morgan fingerprint density at radius 1 is 1.80 bits per heavy atom. The highest BCUT2D eigenvalue weighted by atomic mass is 32.1. The van der Waals surface area contributed by atoms with E-state index in [9.17, 15) is 4.79 Å². The van der Waals surface area contributed by atoms with Crippen molar-refractivity contribution in [2.24, 2.45) is 0 Å². The van der Waals surface area contributed by atoms with E-state index >= 15 is 0 Å². The third-order valence-corrected chi connectivity index (χ3v) is 1.53. The van der Waals surface area contributed by atoms with Crippen LogP contribution in [0.2, 0.25) is 0 Å². The van der Waals surface area contributed by atoms with E-state index in [1.807, 2.05) is 6.92 Å². The Balaban J connectivity index is 2.67. The fraction of sp³-hybridized carbons (Fsp3) is 0.333. The van der Waals surface area contributed by atoms with Gasteiger partial charge in [-0.05, 0) is 18.5 Å². The molecular formula is C6H7NO2S. The lowest BCUT2D eigenvalue weighted by Crippen LogP contribution is -2.00. The van der Waals surface area contributed by atoms with Crippen molar-refractivity contribution in [2.45, 2.75) is 13.8 Å². The average molecular weight is 157 g/mol. The number of aromatic nitrogens is 1. The Hall–Kier alpha value is -0.900. The molecule has 0 amide bonds. The van der Waals surface area contributed by atoms with Crippen molar-refractivity contribution in [3.05, 3.63) is 10.9 Å². The number of carbonyl (C=O) groups is 1. The summed E-state index contributed by atoms with van der Waals surface area (Å²) in [6.07, 6.45) is 0. The maximum absolute atomic E-state index is 10.4. The third-order valence-electron chi connectivity index (χ3n) is 0.855. The predicted octanol–water partition coefficient (Wildman–Crippen LogP) is 1.38. The molecule has 0 saturated carbocycles. The Bertz CT molecular complexity index is 244. The van der Waals surface area contributed by atoms with Gasteiger partial charge in [0.2, 0.25) is 5.88 Å². The van der Waals surface area contributed by atoms with Gasteiger partial charge in [-0.25, -0.2) is 0 Å². The molecule has 0 N–H and O–H groups in total. The highest BCUT2D eigenvalue weighted by Crippen LogP contribution is 2.14. The summed E-state index contributed by atoms with van der Waals surface area (Å²) < 4.78 is 8.55. The molecule has 1 aromatic heterocycles. The lowest BCUT2D eigenvalue weighted by molar-refractivity contribution is -0.132. The average Bonchev–Trinajstić information content (AvgIpc) is 2.13. The zero-order valence-electron chi connectivity index (χ0n) is 5.75. The first-order chi connectivity index (χ1) is 4.68. The molecule has 1 rings (SSSR count). The van der Waals surface area contributed by atoms with Gasteiger partial charge >= 0.3 is 5.97 Å². The number of hydrogen-bond donors (Lipinski definition) is 0. The summed E-state index contributed by atoms with van der Waals surface area (Å²) in [5.74, 6) is 0.0697. The van der Waals surface area contributed by atoms with Crippen LogP contribution in [0.3, 0.4) is 0 Å². The van der Waals surface area contributed by atoms with Crippen LogP contribution in [0, 0.1) is 6.92 Å². The third kappa shape index (κ3) is 1.80. The molecule has 0 fully saturated rings. The molecule has 1 heterocycles. The summed E-state index contributed by atoms with van der Waals surface area (Å²) in [5, 5.41) is 0. The fourth-order valence-corrected chi connectivity index (χ4v) is 1.02. The van der Waals surface area contributed by atoms with Crippen molar-refractivity contribution in [3.8, 4) is 5.88 Å². The van der Waals surface area contributed by atoms with Crippen LogP contribution in [0.1, 0.15) is 11.8 Å². The number of carbonyl (C=O) groups excluding carboxylic acids is 1. The van der Waals surface area contributed by atoms with Crippen LogP contribution in [-0.4, -0.2) is 10.3 Å². The summed E-state index contributed by atoms with van der Waals surface area (Å²) in [6, 6.07) is 1.73. The van der Waals surface area contributed by atoms with E-state index in [1.54, 1.807) is 6.07 Å². The van der Waals surface area contributed by atoms with Crippen LogP contribution in [-0.2, 0) is 4.79 Å². The Kier molecular flexibility index (Phi) is 2.01. The molecule has 0 aliphatic carbocycles. The fourth-order valence-electron chi connectivity index (χ4n) is 0.539. The molecule has 4 heteroatoms. The minimum atomic E-state index is -0.328. The topological polar surface area (TPSA) is 39.2 Å². The lowest BCUT2D eigenvalue weighted by Gasteiger charge is -1.90. The molecule has 0 unspecified atom stereocenters. The molecule has 3 nitrogen and oxygen atoms in total. The highest BCUT2D eigenvalue weighted by molar-refractivity contribution is 7.05. The van der Waals surface area contributed by atoms with Gasteiger partial charge in [0.05, 0.1) is 0 Å². The highest BCUT2D eigenvalue weighted by Gasteiger charge is 2.00. The van der Waals surface area contributed by atoms with Gasteiger partial charge in [-0.3, -0.25) is 4.79 Å². The standard InChI is InChI=1S/C6H7NO2S/c1-4-3-6(7-10-4)9-5(2)8/h3H,1-2H3. The van der Waals surface area contributed by atoms with Gasteiger partial charge < -0.3 is 4.74 Å². The van der Waals surface area contributed by atoms with E-state index in [4.69, 9.17) is 4.74 Å². The first-order valence-corrected chi connectivity index (χ1v) is 3.57. The van der Waals surface area contributed by atoms with E-state index in [0.717, 1.165) is 4.88 Å². The Morgan fingerprint density at radius 3 is 2.90 bits per heavy atom. The van der Waals surface area contributed by atoms with E-state index < -0.39 is 0 Å². The molecule has 10 heavy (non-hydrogen) atoms. The Labute approximate surface area is 62.8 Å². The zero-order valence-corrected chi connectivity index (χ0v) is 6.57. The number of nitrogens with zero attached hydrogens (tertiary/aromatic N) is 1.